The number of aryl methyl sites for hydroxylation is 1. The average molecular weight is 487 g/mol. The number of ether oxygens (including phenoxy) is 2. The topological polar surface area (TPSA) is 54.9 Å². The number of hydrogen-bond acceptors (Lipinski definition) is 3. The number of halogens is 1. The van der Waals surface area contributed by atoms with Crippen LogP contribution >= 0.6 is 24.0 Å². The lowest BCUT2D eigenvalue weighted by Gasteiger charge is -2.37. The van der Waals surface area contributed by atoms with Crippen molar-refractivity contribution < 1.29 is 9.47 Å². The summed E-state index contributed by atoms with van der Waals surface area (Å²) in [5.74, 6) is 1.35. The van der Waals surface area contributed by atoms with Crippen molar-refractivity contribution in [1.29, 1.82) is 0 Å². The van der Waals surface area contributed by atoms with Gasteiger partial charge in [-0.3, -0.25) is 4.99 Å². The van der Waals surface area contributed by atoms with E-state index in [9.17, 15) is 0 Å². The molecule has 0 aromatic heterocycles. The highest BCUT2D eigenvalue weighted by atomic mass is 127. The van der Waals surface area contributed by atoms with E-state index in [4.69, 9.17) is 14.5 Å². The number of aliphatic imine (C=N–C) groups is 1. The Morgan fingerprint density at radius 3 is 2.59 bits per heavy atom. The Kier molecular flexibility index (Phi) is 8.82. The van der Waals surface area contributed by atoms with Crippen LogP contribution in [0.15, 0.2) is 29.3 Å². The van der Waals surface area contributed by atoms with E-state index in [1.54, 1.807) is 0 Å². The Morgan fingerprint density at radius 2 is 1.96 bits per heavy atom. The second-order valence-corrected chi connectivity index (χ2v) is 7.98. The number of nitrogens with one attached hydrogen (secondary N) is 2. The van der Waals surface area contributed by atoms with Crippen LogP contribution < -0.4 is 10.6 Å². The Morgan fingerprint density at radius 1 is 1.22 bits per heavy atom. The largest absolute Gasteiger partial charge is 0.380 e. The minimum Gasteiger partial charge on any atom is -0.380 e. The zero-order chi connectivity index (χ0) is 18.4. The van der Waals surface area contributed by atoms with Gasteiger partial charge in [-0.1, -0.05) is 36.8 Å². The molecule has 2 heterocycles. The van der Waals surface area contributed by atoms with Crippen molar-refractivity contribution in [1.82, 2.24) is 10.6 Å². The lowest BCUT2D eigenvalue weighted by Crippen LogP contribution is -2.45. The first-order chi connectivity index (χ1) is 12.6. The van der Waals surface area contributed by atoms with Crippen LogP contribution in [-0.4, -0.2) is 45.4 Å². The Labute approximate surface area is 180 Å². The molecule has 2 atom stereocenters. The first kappa shape index (κ1) is 22.4. The van der Waals surface area contributed by atoms with E-state index in [2.05, 4.69) is 55.7 Å². The van der Waals surface area contributed by atoms with E-state index in [0.29, 0.717) is 5.92 Å². The third-order valence-corrected chi connectivity index (χ3v) is 5.25. The number of hydrogen-bond donors (Lipinski definition) is 2. The molecular weight excluding hydrogens is 453 g/mol. The van der Waals surface area contributed by atoms with Gasteiger partial charge in [-0.15, -0.1) is 24.0 Å². The van der Waals surface area contributed by atoms with Crippen molar-refractivity contribution in [2.45, 2.75) is 39.7 Å². The van der Waals surface area contributed by atoms with Crippen LogP contribution in [0.25, 0.3) is 0 Å². The van der Waals surface area contributed by atoms with E-state index in [-0.39, 0.29) is 35.5 Å². The molecule has 0 radical (unpaired) electrons. The standard InChI is InChI=1S/C21H33N3O2.HI/c1-4-22-20(24-13-21(3)14-25-15-21)23-12-18-6-5-11-26-19(18)17-9-7-16(2)8-10-17;/h7-10,18-19H,4-6,11-15H2,1-3H3,(H2,22,23,24);1H. The van der Waals surface area contributed by atoms with Gasteiger partial charge in [-0.25, -0.2) is 0 Å². The Bertz CT molecular complexity index is 602. The molecule has 0 amide bonds. The van der Waals surface area contributed by atoms with E-state index >= 15 is 0 Å². The molecule has 0 saturated carbocycles. The first-order valence-corrected chi connectivity index (χ1v) is 9.88. The second-order valence-electron chi connectivity index (χ2n) is 7.98. The minimum absolute atomic E-state index is 0. The summed E-state index contributed by atoms with van der Waals surface area (Å²) in [4.78, 5) is 4.77. The molecule has 152 valence electrons. The third-order valence-electron chi connectivity index (χ3n) is 5.25. The molecule has 2 N–H and O–H groups in total. The van der Waals surface area contributed by atoms with Crippen molar-refractivity contribution in [3.63, 3.8) is 0 Å². The fourth-order valence-corrected chi connectivity index (χ4v) is 3.56. The molecule has 2 unspecified atom stereocenters. The Hall–Kier alpha value is -0.860. The van der Waals surface area contributed by atoms with Gasteiger partial charge in [0, 0.05) is 31.0 Å². The van der Waals surface area contributed by atoms with Crippen LogP contribution in [0.3, 0.4) is 0 Å². The van der Waals surface area contributed by atoms with E-state index in [0.717, 1.165) is 51.8 Å². The smallest absolute Gasteiger partial charge is 0.191 e. The molecular formula is C21H34IN3O2. The maximum atomic E-state index is 6.13. The molecule has 3 rings (SSSR count). The summed E-state index contributed by atoms with van der Waals surface area (Å²) < 4.78 is 11.5. The van der Waals surface area contributed by atoms with Gasteiger partial charge in [0.2, 0.25) is 0 Å². The maximum absolute atomic E-state index is 6.13. The summed E-state index contributed by atoms with van der Waals surface area (Å²) >= 11 is 0. The molecule has 0 bridgehead atoms. The van der Waals surface area contributed by atoms with Gasteiger partial charge >= 0.3 is 0 Å². The minimum atomic E-state index is 0. The molecule has 1 aromatic rings. The van der Waals surface area contributed by atoms with Crippen LogP contribution in [0.2, 0.25) is 0 Å². The first-order valence-electron chi connectivity index (χ1n) is 9.88. The molecule has 2 aliphatic rings. The monoisotopic (exact) mass is 487 g/mol. The molecule has 1 aromatic carbocycles. The van der Waals surface area contributed by atoms with E-state index in [1.807, 2.05) is 0 Å². The summed E-state index contributed by atoms with van der Waals surface area (Å²) in [5.41, 5.74) is 2.76. The van der Waals surface area contributed by atoms with Gasteiger partial charge in [0.15, 0.2) is 5.96 Å². The number of guanidine groups is 1. The summed E-state index contributed by atoms with van der Waals surface area (Å²) in [7, 11) is 0. The highest BCUT2D eigenvalue weighted by molar-refractivity contribution is 14.0. The van der Waals surface area contributed by atoms with Gasteiger partial charge in [0.05, 0.1) is 25.9 Å². The summed E-state index contributed by atoms with van der Waals surface area (Å²) in [6.45, 7) is 11.4. The summed E-state index contributed by atoms with van der Waals surface area (Å²) in [6.07, 6.45) is 2.46. The molecule has 6 heteroatoms. The van der Waals surface area contributed by atoms with Crippen molar-refractivity contribution in [3.8, 4) is 0 Å². The van der Waals surface area contributed by atoms with E-state index < -0.39 is 0 Å². The molecule has 2 fully saturated rings. The average Bonchev–Trinajstić information content (AvgIpc) is 2.63. The fourth-order valence-electron chi connectivity index (χ4n) is 3.56. The summed E-state index contributed by atoms with van der Waals surface area (Å²) in [6, 6.07) is 8.75. The molecule has 2 aliphatic heterocycles. The third kappa shape index (κ3) is 6.32. The SMILES string of the molecule is CCNC(=NCC1(C)COC1)NCC1CCCOC1c1ccc(C)cc1.I. The lowest BCUT2D eigenvalue weighted by atomic mass is 9.89. The molecule has 0 spiro atoms. The predicted octanol–water partition coefficient (Wildman–Crippen LogP) is 3.67. The molecule has 5 nitrogen and oxygen atoms in total. The maximum Gasteiger partial charge on any atom is 0.191 e. The quantitative estimate of drug-likeness (QED) is 0.365. The Balaban J connectivity index is 0.00000261. The summed E-state index contributed by atoms with van der Waals surface area (Å²) in [5, 5.41) is 6.90. The zero-order valence-corrected chi connectivity index (χ0v) is 19.1. The van der Waals surface area contributed by atoms with Crippen molar-refractivity contribution in [3.05, 3.63) is 35.4 Å². The highest BCUT2D eigenvalue weighted by Crippen LogP contribution is 2.33. The zero-order valence-electron chi connectivity index (χ0n) is 16.8. The van der Waals surface area contributed by atoms with Gasteiger partial charge in [-0.2, -0.15) is 0 Å². The number of benzene rings is 1. The number of nitrogens with zero attached hydrogens (tertiary/aromatic N) is 1. The highest BCUT2D eigenvalue weighted by Gasteiger charge is 2.33. The van der Waals surface area contributed by atoms with Gasteiger partial charge in [-0.05, 0) is 32.3 Å². The van der Waals surface area contributed by atoms with Crippen molar-refractivity contribution in [2.24, 2.45) is 16.3 Å². The van der Waals surface area contributed by atoms with Gasteiger partial charge in [0.25, 0.3) is 0 Å². The second kappa shape index (κ2) is 10.6. The lowest BCUT2D eigenvalue weighted by molar-refractivity contribution is -0.0945. The molecule has 27 heavy (non-hydrogen) atoms. The number of rotatable bonds is 6. The van der Waals surface area contributed by atoms with E-state index in [1.165, 1.54) is 17.5 Å². The van der Waals surface area contributed by atoms with Crippen LogP contribution in [0.5, 0.6) is 0 Å². The fraction of sp³-hybridized carbons (Fsp3) is 0.667. The normalized spacial score (nSPS) is 24.5. The van der Waals surface area contributed by atoms with Gasteiger partial charge < -0.3 is 20.1 Å². The van der Waals surface area contributed by atoms with Crippen molar-refractivity contribution in [2.75, 3.05) is 39.5 Å². The van der Waals surface area contributed by atoms with Crippen LogP contribution in [0.1, 0.15) is 43.9 Å². The van der Waals surface area contributed by atoms with Crippen LogP contribution in [0.4, 0.5) is 0 Å². The van der Waals surface area contributed by atoms with Gasteiger partial charge in [0.1, 0.15) is 0 Å². The predicted molar refractivity (Wildman–Crippen MR) is 121 cm³/mol. The molecule has 2 saturated heterocycles. The van der Waals surface area contributed by atoms with Crippen molar-refractivity contribution >= 4 is 29.9 Å². The van der Waals surface area contributed by atoms with Crippen LogP contribution in [0, 0.1) is 18.3 Å². The molecule has 0 aliphatic carbocycles. The van der Waals surface area contributed by atoms with Crippen LogP contribution in [-0.2, 0) is 9.47 Å².